The highest BCUT2D eigenvalue weighted by Crippen LogP contribution is 2.30. The van der Waals surface area contributed by atoms with Gasteiger partial charge < -0.3 is 0 Å². The fraction of sp³-hybridized carbons (Fsp3) is 0.538. The zero-order chi connectivity index (χ0) is 14.2. The molecule has 106 valence electrons. The van der Waals surface area contributed by atoms with Gasteiger partial charge in [-0.1, -0.05) is 6.42 Å². The molecule has 1 fully saturated rings. The zero-order valence-corrected chi connectivity index (χ0v) is 12.6. The summed E-state index contributed by atoms with van der Waals surface area (Å²) in [5, 5.41) is 0. The molecule has 1 aliphatic carbocycles. The molecule has 0 saturated heterocycles. The van der Waals surface area contributed by atoms with Crippen molar-refractivity contribution in [3.63, 3.8) is 0 Å². The second-order valence-corrected chi connectivity index (χ2v) is 7.22. The van der Waals surface area contributed by atoms with E-state index in [2.05, 4.69) is 0 Å². The summed E-state index contributed by atoms with van der Waals surface area (Å²) in [7, 11) is -1.98. The summed E-state index contributed by atoms with van der Waals surface area (Å²) in [6.07, 6.45) is 2.83. The number of nitrogens with zero attached hydrogens (tertiary/aromatic N) is 1. The van der Waals surface area contributed by atoms with E-state index in [-0.39, 0.29) is 22.4 Å². The molecule has 0 bridgehead atoms. The molecule has 6 heteroatoms. The first kappa shape index (κ1) is 14.8. The van der Waals surface area contributed by atoms with Gasteiger partial charge in [0.1, 0.15) is 5.82 Å². The molecular formula is C13H17ClFNO2S. The van der Waals surface area contributed by atoms with Gasteiger partial charge in [-0.2, -0.15) is 4.31 Å². The van der Waals surface area contributed by atoms with E-state index in [1.54, 1.807) is 14.0 Å². The molecule has 0 radical (unpaired) electrons. The third kappa shape index (κ3) is 2.64. The topological polar surface area (TPSA) is 37.4 Å². The van der Waals surface area contributed by atoms with E-state index in [4.69, 9.17) is 11.6 Å². The number of hydrogen-bond acceptors (Lipinski definition) is 2. The summed E-state index contributed by atoms with van der Waals surface area (Å²) in [6.45, 7) is 1.55. The van der Waals surface area contributed by atoms with Crippen molar-refractivity contribution in [2.24, 2.45) is 0 Å². The largest absolute Gasteiger partial charge is 0.243 e. The van der Waals surface area contributed by atoms with E-state index in [0.29, 0.717) is 5.56 Å². The van der Waals surface area contributed by atoms with Crippen molar-refractivity contribution in [2.45, 2.75) is 43.0 Å². The summed E-state index contributed by atoms with van der Waals surface area (Å²) in [5.41, 5.74) is 0.529. The van der Waals surface area contributed by atoms with Gasteiger partial charge in [0, 0.05) is 18.7 Å². The fourth-order valence-corrected chi connectivity index (χ4v) is 3.91. The number of alkyl halides is 1. The van der Waals surface area contributed by atoms with Crippen LogP contribution in [0.3, 0.4) is 0 Å². The van der Waals surface area contributed by atoms with Crippen LogP contribution >= 0.6 is 11.6 Å². The summed E-state index contributed by atoms with van der Waals surface area (Å²) in [4.78, 5) is 0.122. The minimum absolute atomic E-state index is 0.0385. The van der Waals surface area contributed by atoms with Gasteiger partial charge in [-0.25, -0.2) is 12.8 Å². The van der Waals surface area contributed by atoms with Gasteiger partial charge in [0.05, 0.1) is 10.8 Å². The Bertz CT molecular complexity index is 585. The lowest BCUT2D eigenvalue weighted by atomic mass is 9.94. The fourth-order valence-electron chi connectivity index (χ4n) is 2.17. The molecule has 0 unspecified atom stereocenters. The lowest BCUT2D eigenvalue weighted by Crippen LogP contribution is -2.41. The van der Waals surface area contributed by atoms with Gasteiger partial charge in [-0.15, -0.1) is 11.6 Å². The van der Waals surface area contributed by atoms with E-state index in [0.717, 1.165) is 19.3 Å². The maximum absolute atomic E-state index is 13.7. The van der Waals surface area contributed by atoms with Gasteiger partial charge in [0.2, 0.25) is 10.0 Å². The van der Waals surface area contributed by atoms with Gasteiger partial charge in [0.25, 0.3) is 0 Å². The normalized spacial score (nSPS) is 16.7. The van der Waals surface area contributed by atoms with Crippen LogP contribution in [0.15, 0.2) is 17.0 Å². The van der Waals surface area contributed by atoms with Gasteiger partial charge >= 0.3 is 0 Å². The van der Waals surface area contributed by atoms with Crippen molar-refractivity contribution in [1.29, 1.82) is 0 Å². The van der Waals surface area contributed by atoms with Crippen molar-refractivity contribution < 1.29 is 12.8 Å². The highest BCUT2D eigenvalue weighted by molar-refractivity contribution is 7.89. The molecule has 0 spiro atoms. The number of halogens is 2. The molecule has 2 rings (SSSR count). The van der Waals surface area contributed by atoms with Crippen molar-refractivity contribution in [2.75, 3.05) is 7.05 Å². The van der Waals surface area contributed by atoms with Gasteiger partial charge in [0.15, 0.2) is 0 Å². The summed E-state index contributed by atoms with van der Waals surface area (Å²) < 4.78 is 40.0. The van der Waals surface area contributed by atoms with Crippen LogP contribution in [-0.4, -0.2) is 25.8 Å². The second kappa shape index (κ2) is 5.38. The minimum Gasteiger partial charge on any atom is -0.207 e. The molecule has 0 atom stereocenters. The van der Waals surface area contributed by atoms with Crippen LogP contribution in [0.2, 0.25) is 0 Å². The van der Waals surface area contributed by atoms with Crippen LogP contribution in [-0.2, 0) is 15.9 Å². The monoisotopic (exact) mass is 305 g/mol. The standard InChI is InChI=1S/C13H17ClFNO2S/c1-9-6-12(7-10(8-14)13(9)15)19(17,18)16(2)11-4-3-5-11/h6-7,11H,3-5,8H2,1-2H3. The average molecular weight is 306 g/mol. The van der Waals surface area contributed by atoms with E-state index in [1.807, 2.05) is 0 Å². The van der Waals surface area contributed by atoms with E-state index < -0.39 is 15.8 Å². The van der Waals surface area contributed by atoms with Crippen LogP contribution in [0.4, 0.5) is 4.39 Å². The van der Waals surface area contributed by atoms with Crippen molar-refractivity contribution in [3.8, 4) is 0 Å². The Morgan fingerprint density at radius 3 is 2.53 bits per heavy atom. The average Bonchev–Trinajstić information content (AvgIpc) is 2.30. The Labute approximate surface area is 118 Å². The quantitative estimate of drug-likeness (QED) is 0.802. The molecule has 1 aromatic rings. The molecule has 0 aromatic heterocycles. The summed E-state index contributed by atoms with van der Waals surface area (Å²) >= 11 is 5.66. The Morgan fingerprint density at radius 2 is 2.05 bits per heavy atom. The number of hydrogen-bond donors (Lipinski definition) is 0. The first-order valence-corrected chi connectivity index (χ1v) is 8.18. The Balaban J connectivity index is 2.42. The first-order valence-electron chi connectivity index (χ1n) is 6.21. The predicted molar refractivity (Wildman–Crippen MR) is 73.3 cm³/mol. The van der Waals surface area contributed by atoms with Crippen molar-refractivity contribution in [1.82, 2.24) is 4.31 Å². The van der Waals surface area contributed by atoms with E-state index in [1.165, 1.54) is 16.4 Å². The number of sulfonamides is 1. The number of aryl methyl sites for hydroxylation is 1. The molecule has 1 aromatic carbocycles. The zero-order valence-electron chi connectivity index (χ0n) is 11.0. The van der Waals surface area contributed by atoms with Crippen LogP contribution < -0.4 is 0 Å². The number of benzene rings is 1. The summed E-state index contributed by atoms with van der Waals surface area (Å²) in [5.74, 6) is -0.469. The SMILES string of the molecule is Cc1cc(S(=O)(=O)N(C)C2CCC2)cc(CCl)c1F. The first-order chi connectivity index (χ1) is 8.87. The maximum Gasteiger partial charge on any atom is 0.243 e. The molecule has 1 aliphatic rings. The molecule has 19 heavy (non-hydrogen) atoms. The third-order valence-corrected chi connectivity index (χ3v) is 5.89. The lowest BCUT2D eigenvalue weighted by Gasteiger charge is -2.33. The Hall–Kier alpha value is -0.650. The maximum atomic E-state index is 13.7. The number of rotatable bonds is 4. The highest BCUT2D eigenvalue weighted by Gasteiger charge is 2.32. The predicted octanol–water partition coefficient (Wildman–Crippen LogP) is 3.05. The summed E-state index contributed by atoms with van der Waals surface area (Å²) in [6, 6.07) is 2.77. The lowest BCUT2D eigenvalue weighted by molar-refractivity contribution is 0.249. The molecule has 1 saturated carbocycles. The smallest absolute Gasteiger partial charge is 0.207 e. The van der Waals surface area contributed by atoms with Crippen LogP contribution in [0.25, 0.3) is 0 Å². The highest BCUT2D eigenvalue weighted by atomic mass is 35.5. The van der Waals surface area contributed by atoms with Gasteiger partial charge in [-0.3, -0.25) is 0 Å². The molecule has 3 nitrogen and oxygen atoms in total. The van der Waals surface area contributed by atoms with Crippen molar-refractivity contribution >= 4 is 21.6 Å². The van der Waals surface area contributed by atoms with Crippen LogP contribution in [0.1, 0.15) is 30.4 Å². The molecule has 0 aliphatic heterocycles. The van der Waals surface area contributed by atoms with Crippen LogP contribution in [0.5, 0.6) is 0 Å². The van der Waals surface area contributed by atoms with Crippen LogP contribution in [0, 0.1) is 12.7 Å². The minimum atomic E-state index is -3.56. The second-order valence-electron chi connectivity index (χ2n) is 4.95. The Morgan fingerprint density at radius 1 is 1.42 bits per heavy atom. The molecule has 0 N–H and O–H groups in total. The van der Waals surface area contributed by atoms with Crippen molar-refractivity contribution in [3.05, 3.63) is 29.1 Å². The van der Waals surface area contributed by atoms with E-state index >= 15 is 0 Å². The molecular weight excluding hydrogens is 289 g/mol. The Kier molecular flexibility index (Phi) is 4.18. The van der Waals surface area contributed by atoms with Gasteiger partial charge in [-0.05, 0) is 37.5 Å². The third-order valence-electron chi connectivity index (χ3n) is 3.71. The van der Waals surface area contributed by atoms with E-state index in [9.17, 15) is 12.8 Å². The molecule has 0 amide bonds. The molecule has 0 heterocycles.